The number of halogens is 6. The fourth-order valence-electron chi connectivity index (χ4n) is 2.99. The Balaban J connectivity index is 2.04. The van der Waals surface area contributed by atoms with Gasteiger partial charge < -0.3 is 4.57 Å². The number of alkyl halides is 2. The van der Waals surface area contributed by atoms with Crippen molar-refractivity contribution in [1.82, 2.24) is 9.55 Å². The minimum atomic E-state index is -2.76. The van der Waals surface area contributed by atoms with E-state index in [1.165, 1.54) is 16.8 Å². The Morgan fingerprint density at radius 2 is 1.78 bits per heavy atom. The molecule has 0 saturated heterocycles. The average molecular weight is 459 g/mol. The summed E-state index contributed by atoms with van der Waals surface area (Å²) in [6, 6.07) is 6.70. The summed E-state index contributed by atoms with van der Waals surface area (Å²) in [6.45, 7) is -0.140. The van der Waals surface area contributed by atoms with Crippen molar-refractivity contribution in [3.63, 3.8) is 0 Å². The molecule has 0 atom stereocenters. The second-order valence-corrected chi connectivity index (χ2v) is 7.00. The van der Waals surface area contributed by atoms with Crippen molar-refractivity contribution in [2.24, 2.45) is 4.99 Å². The first-order valence-corrected chi connectivity index (χ1v) is 8.89. The predicted molar refractivity (Wildman–Crippen MR) is 96.9 cm³/mol. The van der Waals surface area contributed by atoms with E-state index in [0.717, 1.165) is 12.1 Å². The molecule has 0 radical (unpaired) electrons. The lowest BCUT2D eigenvalue weighted by atomic mass is 9.99. The number of hydrogen-bond acceptors (Lipinski definition) is 2. The summed E-state index contributed by atoms with van der Waals surface area (Å²) in [5.74, 6) is -1.39. The van der Waals surface area contributed by atoms with E-state index >= 15 is 0 Å². The Morgan fingerprint density at radius 3 is 2.44 bits per heavy atom. The van der Waals surface area contributed by atoms with Crippen LogP contribution in [0.5, 0.6) is 0 Å². The van der Waals surface area contributed by atoms with Gasteiger partial charge in [0.15, 0.2) is 0 Å². The van der Waals surface area contributed by atoms with Crippen LogP contribution in [0.1, 0.15) is 29.1 Å². The van der Waals surface area contributed by atoms with Crippen LogP contribution in [-0.2, 0) is 6.54 Å². The molecule has 3 nitrogen and oxygen atoms in total. The largest absolute Gasteiger partial charge is 0.301 e. The molecule has 0 unspecified atom stereocenters. The van der Waals surface area contributed by atoms with Crippen LogP contribution in [-0.4, -0.2) is 15.3 Å². The van der Waals surface area contributed by atoms with Crippen molar-refractivity contribution in [2.75, 3.05) is 0 Å². The molecule has 0 saturated carbocycles. The summed E-state index contributed by atoms with van der Waals surface area (Å²) >= 11 is 9.70. The zero-order chi connectivity index (χ0) is 19.3. The Labute approximate surface area is 164 Å². The van der Waals surface area contributed by atoms with E-state index in [0.29, 0.717) is 10.2 Å². The summed E-state index contributed by atoms with van der Waals surface area (Å²) in [6.07, 6.45) is -1.58. The van der Waals surface area contributed by atoms with Crippen LogP contribution in [0.25, 0.3) is 5.69 Å². The highest BCUT2D eigenvalue weighted by atomic mass is 79.9. The van der Waals surface area contributed by atoms with Gasteiger partial charge in [-0.05, 0) is 40.2 Å². The number of fused-ring (bicyclic) bond motifs is 3. The number of rotatable bonds is 2. The molecule has 4 rings (SSSR count). The number of imidazole rings is 1. The molecule has 2 heterocycles. The monoisotopic (exact) mass is 457 g/mol. The van der Waals surface area contributed by atoms with E-state index in [1.807, 2.05) is 0 Å². The summed E-state index contributed by atoms with van der Waals surface area (Å²) < 4.78 is 56.9. The minimum absolute atomic E-state index is 0.00371. The van der Waals surface area contributed by atoms with E-state index in [1.54, 1.807) is 12.1 Å². The van der Waals surface area contributed by atoms with E-state index in [-0.39, 0.29) is 34.2 Å². The predicted octanol–water partition coefficient (Wildman–Crippen LogP) is 5.86. The fraction of sp³-hybridized carbons (Fsp3) is 0.111. The maximum Gasteiger partial charge on any atom is 0.281 e. The van der Waals surface area contributed by atoms with E-state index in [9.17, 15) is 17.6 Å². The topological polar surface area (TPSA) is 30.2 Å². The summed E-state index contributed by atoms with van der Waals surface area (Å²) in [5, 5.41) is 0.161. The average Bonchev–Trinajstić information content (AvgIpc) is 2.98. The standard InChI is InChI=1S/C18H9BrClF4N3/c19-8-4-5-12-15(16(8)20)17(14-9(21)2-1-3-10(14)22)25-6-13-26-11(18(23)24)7-27(12)13/h1-5,7,18H,6H2. The maximum absolute atomic E-state index is 14.4. The first-order chi connectivity index (χ1) is 12.9. The molecule has 1 aliphatic rings. The minimum Gasteiger partial charge on any atom is -0.301 e. The lowest BCUT2D eigenvalue weighted by molar-refractivity contribution is 0.146. The van der Waals surface area contributed by atoms with Gasteiger partial charge >= 0.3 is 0 Å². The molecule has 1 aliphatic heterocycles. The lowest BCUT2D eigenvalue weighted by Crippen LogP contribution is -2.12. The zero-order valence-electron chi connectivity index (χ0n) is 13.4. The Kier molecular flexibility index (Phi) is 4.55. The van der Waals surface area contributed by atoms with Gasteiger partial charge in [0.25, 0.3) is 6.43 Å². The fourth-order valence-corrected chi connectivity index (χ4v) is 3.57. The van der Waals surface area contributed by atoms with Crippen molar-refractivity contribution < 1.29 is 17.6 Å². The van der Waals surface area contributed by atoms with Crippen molar-refractivity contribution in [3.8, 4) is 5.69 Å². The molecule has 0 fully saturated rings. The quantitative estimate of drug-likeness (QED) is 0.443. The normalized spacial score (nSPS) is 13.2. The van der Waals surface area contributed by atoms with Crippen LogP contribution < -0.4 is 0 Å². The summed E-state index contributed by atoms with van der Waals surface area (Å²) in [4.78, 5) is 8.17. The second-order valence-electron chi connectivity index (χ2n) is 5.77. The summed E-state index contributed by atoms with van der Waals surface area (Å²) in [5.41, 5.74) is -0.163. The Bertz CT molecular complexity index is 1070. The first-order valence-electron chi connectivity index (χ1n) is 7.72. The molecule has 1 aromatic heterocycles. The van der Waals surface area contributed by atoms with Gasteiger partial charge in [-0.2, -0.15) is 0 Å². The maximum atomic E-state index is 14.4. The smallest absolute Gasteiger partial charge is 0.281 e. The van der Waals surface area contributed by atoms with Crippen LogP contribution in [0.15, 0.2) is 46.0 Å². The van der Waals surface area contributed by atoms with Crippen LogP contribution in [0, 0.1) is 11.6 Å². The van der Waals surface area contributed by atoms with Crippen LogP contribution >= 0.6 is 27.5 Å². The van der Waals surface area contributed by atoms with Crippen LogP contribution in [0.3, 0.4) is 0 Å². The SMILES string of the molecule is Fc1cccc(F)c1C1=NCc2nc(C(F)F)cn2-c2ccc(Br)c(Cl)c21. The van der Waals surface area contributed by atoms with Gasteiger partial charge in [-0.25, -0.2) is 22.5 Å². The first kappa shape index (κ1) is 18.2. The van der Waals surface area contributed by atoms with Crippen molar-refractivity contribution >= 4 is 33.2 Å². The number of aromatic nitrogens is 2. The van der Waals surface area contributed by atoms with Crippen LogP contribution in [0.2, 0.25) is 5.02 Å². The molecule has 3 aromatic rings. The molecular formula is C18H9BrClF4N3. The third kappa shape index (κ3) is 2.96. The summed E-state index contributed by atoms with van der Waals surface area (Å²) in [7, 11) is 0. The van der Waals surface area contributed by atoms with Gasteiger partial charge in [0.05, 0.1) is 28.5 Å². The molecular weight excluding hydrogens is 450 g/mol. The number of nitrogens with zero attached hydrogens (tertiary/aromatic N) is 3. The van der Waals surface area contributed by atoms with Gasteiger partial charge in [-0.15, -0.1) is 0 Å². The van der Waals surface area contributed by atoms with E-state index in [2.05, 4.69) is 25.9 Å². The van der Waals surface area contributed by atoms with Gasteiger partial charge in [-0.3, -0.25) is 4.99 Å². The van der Waals surface area contributed by atoms with Gasteiger partial charge in [0, 0.05) is 16.2 Å². The second kappa shape index (κ2) is 6.76. The van der Waals surface area contributed by atoms with Crippen LogP contribution in [0.4, 0.5) is 17.6 Å². The number of aliphatic imine (C=N–C) groups is 1. The molecule has 0 aliphatic carbocycles. The molecule has 138 valence electrons. The van der Waals surface area contributed by atoms with Gasteiger partial charge in [0.1, 0.15) is 23.2 Å². The van der Waals surface area contributed by atoms with E-state index in [4.69, 9.17) is 11.6 Å². The highest BCUT2D eigenvalue weighted by Gasteiger charge is 2.28. The molecule has 0 bridgehead atoms. The molecule has 0 amide bonds. The zero-order valence-corrected chi connectivity index (χ0v) is 15.7. The molecule has 27 heavy (non-hydrogen) atoms. The number of benzene rings is 2. The van der Waals surface area contributed by atoms with Crippen molar-refractivity contribution in [3.05, 3.63) is 80.3 Å². The van der Waals surface area contributed by atoms with Crippen molar-refractivity contribution in [1.29, 1.82) is 0 Å². The molecule has 0 spiro atoms. The third-order valence-electron chi connectivity index (χ3n) is 4.17. The highest BCUT2D eigenvalue weighted by Crippen LogP contribution is 2.37. The molecule has 0 N–H and O–H groups in total. The lowest BCUT2D eigenvalue weighted by Gasteiger charge is -2.15. The third-order valence-corrected chi connectivity index (χ3v) is 5.45. The number of hydrogen-bond donors (Lipinski definition) is 0. The highest BCUT2D eigenvalue weighted by molar-refractivity contribution is 9.10. The Morgan fingerprint density at radius 1 is 1.07 bits per heavy atom. The van der Waals surface area contributed by atoms with Crippen molar-refractivity contribution in [2.45, 2.75) is 13.0 Å². The Hall–Kier alpha value is -2.19. The molecule has 9 heteroatoms. The van der Waals surface area contributed by atoms with Gasteiger partial charge in [0.2, 0.25) is 0 Å². The van der Waals surface area contributed by atoms with Gasteiger partial charge in [-0.1, -0.05) is 17.7 Å². The molecule has 2 aromatic carbocycles. The van der Waals surface area contributed by atoms with E-state index < -0.39 is 23.8 Å².